The maximum atomic E-state index is 14.2. The molecule has 2 aliphatic carbocycles. The minimum Gasteiger partial charge on any atom is -0.310 e. The number of nitrogens with zero attached hydrogens (tertiary/aromatic N) is 1. The molecule has 0 fully saturated rings. The minimum atomic E-state index is -4.48. The Balaban J connectivity index is 1.22. The molecule has 0 atom stereocenters. The van der Waals surface area contributed by atoms with Crippen molar-refractivity contribution in [3.63, 3.8) is 0 Å². The zero-order valence-electron chi connectivity index (χ0n) is 33.0. The summed E-state index contributed by atoms with van der Waals surface area (Å²) in [6.07, 6.45) is -4.48. The summed E-state index contributed by atoms with van der Waals surface area (Å²) in [7, 11) is 0. The van der Waals surface area contributed by atoms with Gasteiger partial charge in [0.2, 0.25) is 0 Å². The largest absolute Gasteiger partial charge is 0.416 e. The van der Waals surface area contributed by atoms with Crippen LogP contribution in [-0.2, 0) is 17.0 Å². The first kappa shape index (κ1) is 36.6. The van der Waals surface area contributed by atoms with Crippen LogP contribution in [-0.4, -0.2) is 0 Å². The fraction of sp³-hybridized carbons (Fsp3) is 0.0526. The van der Waals surface area contributed by atoms with Crippen LogP contribution in [0.1, 0.15) is 50.1 Å². The van der Waals surface area contributed by atoms with Crippen LogP contribution in [0.25, 0.3) is 22.3 Å². The molecule has 0 aliphatic heterocycles. The summed E-state index contributed by atoms with van der Waals surface area (Å²) in [6, 6.07) is 78.4. The highest BCUT2D eigenvalue weighted by molar-refractivity contribution is 5.98. The number of rotatable bonds is 7. The van der Waals surface area contributed by atoms with Gasteiger partial charge in [0.15, 0.2) is 0 Å². The number of hydrogen-bond donors (Lipinski definition) is 0. The van der Waals surface area contributed by atoms with Crippen LogP contribution in [0.5, 0.6) is 0 Å². The lowest BCUT2D eigenvalue weighted by Crippen LogP contribution is -2.29. The normalized spacial score (nSPS) is 14.1. The van der Waals surface area contributed by atoms with Crippen LogP contribution in [0.15, 0.2) is 231 Å². The third kappa shape index (κ3) is 5.41. The van der Waals surface area contributed by atoms with Gasteiger partial charge in [0.25, 0.3) is 0 Å². The van der Waals surface area contributed by atoms with E-state index >= 15 is 0 Å². The second kappa shape index (κ2) is 14.1. The van der Waals surface area contributed by atoms with Gasteiger partial charge in [0.05, 0.1) is 22.1 Å². The molecule has 0 radical (unpaired) electrons. The number of halogens is 3. The Hall–Kier alpha value is -7.43. The molecule has 0 N–H and O–H groups in total. The first-order valence-electron chi connectivity index (χ1n) is 20.6. The smallest absolute Gasteiger partial charge is 0.310 e. The maximum Gasteiger partial charge on any atom is 0.416 e. The summed E-state index contributed by atoms with van der Waals surface area (Å²) < 4.78 is 42.6. The Morgan fingerprint density at radius 2 is 0.738 bits per heavy atom. The van der Waals surface area contributed by atoms with Gasteiger partial charge in [0, 0.05) is 16.9 Å². The quantitative estimate of drug-likeness (QED) is 0.155. The van der Waals surface area contributed by atoms with Gasteiger partial charge in [-0.2, -0.15) is 13.2 Å². The number of alkyl halides is 3. The monoisotopic (exact) mass is 793 g/mol. The van der Waals surface area contributed by atoms with Crippen molar-refractivity contribution < 1.29 is 13.2 Å². The molecule has 9 aromatic carbocycles. The van der Waals surface area contributed by atoms with Crippen LogP contribution in [0.3, 0.4) is 0 Å². The van der Waals surface area contributed by atoms with Gasteiger partial charge in [-0.15, -0.1) is 0 Å². The fourth-order valence-corrected chi connectivity index (χ4v) is 10.5. The van der Waals surface area contributed by atoms with Gasteiger partial charge in [-0.3, -0.25) is 0 Å². The molecule has 2 aliphatic rings. The molecule has 11 rings (SSSR count). The lowest BCUT2D eigenvalue weighted by atomic mass is 9.67. The van der Waals surface area contributed by atoms with Crippen molar-refractivity contribution >= 4 is 17.1 Å². The van der Waals surface area contributed by atoms with E-state index in [1.807, 2.05) is 24.3 Å². The number of benzene rings is 9. The standard InChI is InChI=1S/C57H38F3N/c58-57(59,60)43-32-34-44(35-33-43)61(45-36-37-47-46-26-13-15-28-49(46)56(52(47)38-45,41-22-9-3-10-23-41)42-24-11-4-12-25-42)53-31-17-30-51-54(53)48-27-14-16-29-50(48)55(51,39-18-5-1-6-19-39)40-20-7-2-8-21-40/h1-38H. The zero-order valence-corrected chi connectivity index (χ0v) is 33.0. The van der Waals surface area contributed by atoms with Gasteiger partial charge >= 0.3 is 6.18 Å². The van der Waals surface area contributed by atoms with Gasteiger partial charge in [-0.1, -0.05) is 188 Å². The molecule has 0 amide bonds. The average molecular weight is 794 g/mol. The molecule has 4 heteroatoms. The summed E-state index contributed by atoms with van der Waals surface area (Å²) in [6.45, 7) is 0. The van der Waals surface area contributed by atoms with Crippen molar-refractivity contribution in [1.82, 2.24) is 0 Å². The third-order valence-electron chi connectivity index (χ3n) is 12.9. The van der Waals surface area contributed by atoms with Crippen LogP contribution < -0.4 is 4.90 Å². The number of hydrogen-bond acceptors (Lipinski definition) is 1. The summed E-state index contributed by atoms with van der Waals surface area (Å²) in [5, 5.41) is 0. The Labute approximate surface area is 353 Å². The third-order valence-corrected chi connectivity index (χ3v) is 12.9. The molecule has 0 saturated carbocycles. The van der Waals surface area contributed by atoms with Gasteiger partial charge in [0.1, 0.15) is 0 Å². The predicted molar refractivity (Wildman–Crippen MR) is 241 cm³/mol. The Bertz CT molecular complexity index is 2970. The second-order valence-corrected chi connectivity index (χ2v) is 15.9. The Morgan fingerprint density at radius 3 is 1.26 bits per heavy atom. The van der Waals surface area contributed by atoms with E-state index < -0.39 is 22.6 Å². The molecule has 0 spiro atoms. The maximum absolute atomic E-state index is 14.2. The second-order valence-electron chi connectivity index (χ2n) is 15.9. The minimum absolute atomic E-state index is 0.622. The van der Waals surface area contributed by atoms with E-state index in [9.17, 15) is 13.2 Å². The van der Waals surface area contributed by atoms with Gasteiger partial charge in [-0.25, -0.2) is 0 Å². The van der Waals surface area contributed by atoms with Crippen molar-refractivity contribution in [3.8, 4) is 22.3 Å². The van der Waals surface area contributed by atoms with Crippen molar-refractivity contribution in [2.75, 3.05) is 4.90 Å². The van der Waals surface area contributed by atoms with E-state index in [0.29, 0.717) is 5.69 Å². The van der Waals surface area contributed by atoms with Crippen LogP contribution in [0.2, 0.25) is 0 Å². The van der Waals surface area contributed by atoms with Crippen molar-refractivity contribution in [3.05, 3.63) is 281 Å². The molecule has 0 unspecified atom stereocenters. The summed E-state index contributed by atoms with van der Waals surface area (Å²) in [5.74, 6) is 0. The fourth-order valence-electron chi connectivity index (χ4n) is 10.5. The summed E-state index contributed by atoms with van der Waals surface area (Å²) in [5.41, 5.74) is 13.8. The van der Waals surface area contributed by atoms with Gasteiger partial charge in [-0.05, 0) is 104 Å². The topological polar surface area (TPSA) is 3.24 Å². The van der Waals surface area contributed by atoms with Crippen LogP contribution in [0, 0.1) is 0 Å². The molecule has 1 nitrogen and oxygen atoms in total. The van der Waals surface area contributed by atoms with E-state index in [0.717, 1.165) is 72.6 Å². The Kier molecular flexibility index (Phi) is 8.47. The van der Waals surface area contributed by atoms with E-state index in [1.165, 1.54) is 17.7 Å². The first-order valence-corrected chi connectivity index (χ1v) is 20.6. The van der Waals surface area contributed by atoms with E-state index in [4.69, 9.17) is 0 Å². The van der Waals surface area contributed by atoms with Crippen LogP contribution >= 0.6 is 0 Å². The highest BCUT2D eigenvalue weighted by atomic mass is 19.4. The molecule has 0 saturated heterocycles. The Morgan fingerprint density at radius 1 is 0.328 bits per heavy atom. The van der Waals surface area contributed by atoms with Crippen molar-refractivity contribution in [2.45, 2.75) is 17.0 Å². The lowest BCUT2D eigenvalue weighted by molar-refractivity contribution is -0.137. The van der Waals surface area contributed by atoms with E-state index in [2.05, 4.69) is 187 Å². The summed E-state index contributed by atoms with van der Waals surface area (Å²) >= 11 is 0. The molecule has 292 valence electrons. The van der Waals surface area contributed by atoms with Crippen molar-refractivity contribution in [1.29, 1.82) is 0 Å². The highest BCUT2D eigenvalue weighted by Crippen LogP contribution is 2.61. The van der Waals surface area contributed by atoms with E-state index in [1.54, 1.807) is 12.1 Å². The highest BCUT2D eigenvalue weighted by Gasteiger charge is 2.49. The molecular formula is C57H38F3N. The van der Waals surface area contributed by atoms with Crippen LogP contribution in [0.4, 0.5) is 30.2 Å². The average Bonchev–Trinajstić information content (AvgIpc) is 3.79. The predicted octanol–water partition coefficient (Wildman–Crippen LogP) is 14.9. The lowest BCUT2D eigenvalue weighted by Gasteiger charge is -2.35. The molecule has 0 aromatic heterocycles. The molecule has 61 heavy (non-hydrogen) atoms. The molecule has 9 aromatic rings. The zero-order chi connectivity index (χ0) is 41.2. The molecule has 0 heterocycles. The molecular weight excluding hydrogens is 756 g/mol. The first-order chi connectivity index (χ1) is 29.9. The summed E-state index contributed by atoms with van der Waals surface area (Å²) in [4.78, 5) is 2.16. The molecule has 0 bridgehead atoms. The number of anilines is 3. The SMILES string of the molecule is FC(F)(F)c1ccc(N(c2ccc3c(c2)C(c2ccccc2)(c2ccccc2)c2ccccc2-3)c2cccc3c2-c2ccccc2C3(c2ccccc2)c2ccccc2)cc1. The van der Waals surface area contributed by atoms with E-state index in [-0.39, 0.29) is 0 Å². The van der Waals surface area contributed by atoms with Crippen molar-refractivity contribution in [2.24, 2.45) is 0 Å². The number of fused-ring (bicyclic) bond motifs is 6. The van der Waals surface area contributed by atoms with Gasteiger partial charge < -0.3 is 4.90 Å².